The number of hydrogen-bond donors (Lipinski definition) is 0. The molecule has 0 heteroatoms. The molecule has 0 saturated heterocycles. The molecule has 154 valence electrons. The van der Waals surface area contributed by atoms with E-state index < -0.39 is 0 Å². The van der Waals surface area contributed by atoms with Gasteiger partial charge in [0.1, 0.15) is 0 Å². The Bertz CT molecular complexity index is 364. The fourth-order valence-corrected chi connectivity index (χ4v) is 4.27. The molecule has 0 aromatic carbocycles. The van der Waals surface area contributed by atoms with Crippen molar-refractivity contribution in [1.29, 1.82) is 0 Å². The van der Waals surface area contributed by atoms with Crippen molar-refractivity contribution in [3.8, 4) is 0 Å². The van der Waals surface area contributed by atoms with Crippen LogP contribution in [-0.2, 0) is 0 Å². The molecule has 26 heavy (non-hydrogen) atoms. The van der Waals surface area contributed by atoms with E-state index in [0.717, 1.165) is 29.6 Å². The highest BCUT2D eigenvalue weighted by molar-refractivity contribution is 5.03. The zero-order valence-corrected chi connectivity index (χ0v) is 19.3. The van der Waals surface area contributed by atoms with Gasteiger partial charge >= 0.3 is 0 Å². The van der Waals surface area contributed by atoms with Gasteiger partial charge in [-0.05, 0) is 75.0 Å². The van der Waals surface area contributed by atoms with E-state index >= 15 is 0 Å². The topological polar surface area (TPSA) is 0 Å². The predicted molar refractivity (Wildman–Crippen MR) is 122 cm³/mol. The number of allylic oxidation sites excluding steroid dienone is 3. The fraction of sp³-hybridized carbons (Fsp3) is 0.846. The smallest absolute Gasteiger partial charge is 0.0234 e. The summed E-state index contributed by atoms with van der Waals surface area (Å²) in [7, 11) is 0. The van der Waals surface area contributed by atoms with Crippen LogP contribution in [-0.4, -0.2) is 0 Å². The number of rotatable bonds is 16. The minimum absolute atomic E-state index is 0.736. The zero-order valence-electron chi connectivity index (χ0n) is 19.3. The summed E-state index contributed by atoms with van der Waals surface area (Å²) in [5.41, 5.74) is 1.60. The summed E-state index contributed by atoms with van der Waals surface area (Å²) in [6.45, 7) is 20.6. The molecule has 0 aromatic heterocycles. The van der Waals surface area contributed by atoms with Crippen molar-refractivity contribution >= 4 is 0 Å². The molecule has 0 aromatic rings. The molecule has 0 N–H and O–H groups in total. The van der Waals surface area contributed by atoms with E-state index in [-0.39, 0.29) is 0 Å². The highest BCUT2D eigenvalue weighted by Gasteiger charge is 2.18. The van der Waals surface area contributed by atoms with Gasteiger partial charge in [-0.1, -0.05) is 85.0 Å². The van der Waals surface area contributed by atoms with E-state index in [9.17, 15) is 0 Å². The number of hydrogen-bond acceptors (Lipinski definition) is 0. The minimum Gasteiger partial charge on any atom is -0.103 e. The maximum atomic E-state index is 3.88. The SMILES string of the molecule is C=CCCCC(CC(C)CCCC(C)C=C(C)C(C)CCC)C(C)CC. The van der Waals surface area contributed by atoms with Gasteiger partial charge < -0.3 is 0 Å². The Balaban J connectivity index is 4.26. The van der Waals surface area contributed by atoms with Gasteiger partial charge in [0.15, 0.2) is 0 Å². The third-order valence-electron chi connectivity index (χ3n) is 6.54. The lowest BCUT2D eigenvalue weighted by atomic mass is 9.80. The summed E-state index contributed by atoms with van der Waals surface area (Å²) in [6, 6.07) is 0. The quantitative estimate of drug-likeness (QED) is 0.189. The first kappa shape index (κ1) is 25.5. The summed E-state index contributed by atoms with van der Waals surface area (Å²) in [5, 5.41) is 0. The maximum Gasteiger partial charge on any atom is -0.0234 e. The van der Waals surface area contributed by atoms with Crippen LogP contribution in [0.5, 0.6) is 0 Å². The van der Waals surface area contributed by atoms with Crippen LogP contribution in [0.1, 0.15) is 113 Å². The highest BCUT2D eigenvalue weighted by atomic mass is 14.2. The molecule has 0 nitrogen and oxygen atoms in total. The average molecular weight is 363 g/mol. The molecule has 0 heterocycles. The van der Waals surface area contributed by atoms with E-state index in [0.29, 0.717) is 0 Å². The minimum atomic E-state index is 0.736. The molecule has 5 atom stereocenters. The second-order valence-corrected chi connectivity index (χ2v) is 9.21. The lowest BCUT2D eigenvalue weighted by molar-refractivity contribution is 0.254. The van der Waals surface area contributed by atoms with E-state index in [1.165, 1.54) is 64.2 Å². The Hall–Kier alpha value is -0.520. The molecule has 0 aliphatic rings. The van der Waals surface area contributed by atoms with Gasteiger partial charge in [0, 0.05) is 0 Å². The van der Waals surface area contributed by atoms with Crippen LogP contribution in [0.25, 0.3) is 0 Å². The first-order valence-corrected chi connectivity index (χ1v) is 11.6. The van der Waals surface area contributed by atoms with Gasteiger partial charge in [0.05, 0.1) is 0 Å². The molecule has 0 radical (unpaired) electrons. The van der Waals surface area contributed by atoms with Crippen molar-refractivity contribution in [3.63, 3.8) is 0 Å². The number of unbranched alkanes of at least 4 members (excludes halogenated alkanes) is 1. The summed E-state index contributed by atoms with van der Waals surface area (Å²) < 4.78 is 0. The summed E-state index contributed by atoms with van der Waals surface area (Å²) in [6.07, 6.45) is 18.0. The van der Waals surface area contributed by atoms with Crippen LogP contribution in [0.4, 0.5) is 0 Å². The standard InChI is InChI=1S/C26H50/c1-9-12-13-18-26(23(6)11-3)20-22(5)17-14-16-21(4)19-25(8)24(7)15-10-2/h9,19,21-24,26H,1,10-18,20H2,2-8H3. The van der Waals surface area contributed by atoms with Crippen molar-refractivity contribution < 1.29 is 0 Å². The Morgan fingerprint density at radius 2 is 1.62 bits per heavy atom. The van der Waals surface area contributed by atoms with E-state index in [4.69, 9.17) is 0 Å². The van der Waals surface area contributed by atoms with Crippen LogP contribution in [0.2, 0.25) is 0 Å². The van der Waals surface area contributed by atoms with Crippen LogP contribution in [0, 0.1) is 29.6 Å². The van der Waals surface area contributed by atoms with Crippen LogP contribution in [0.3, 0.4) is 0 Å². The van der Waals surface area contributed by atoms with Crippen molar-refractivity contribution in [3.05, 3.63) is 24.3 Å². The summed E-state index contributed by atoms with van der Waals surface area (Å²) in [5.74, 6) is 4.14. The molecule has 0 amide bonds. The third-order valence-corrected chi connectivity index (χ3v) is 6.54. The second-order valence-electron chi connectivity index (χ2n) is 9.21. The van der Waals surface area contributed by atoms with Crippen LogP contribution in [0.15, 0.2) is 24.3 Å². The largest absolute Gasteiger partial charge is 0.103 e. The van der Waals surface area contributed by atoms with Gasteiger partial charge in [-0.15, -0.1) is 6.58 Å². The van der Waals surface area contributed by atoms with Gasteiger partial charge in [0.2, 0.25) is 0 Å². The Labute approximate surface area is 166 Å². The molecule has 0 spiro atoms. The van der Waals surface area contributed by atoms with Gasteiger partial charge in [0.25, 0.3) is 0 Å². The van der Waals surface area contributed by atoms with E-state index in [1.807, 2.05) is 0 Å². The van der Waals surface area contributed by atoms with Crippen molar-refractivity contribution in [2.24, 2.45) is 29.6 Å². The monoisotopic (exact) mass is 362 g/mol. The molecule has 0 rings (SSSR count). The molecule has 0 saturated carbocycles. The first-order chi connectivity index (χ1) is 12.3. The summed E-state index contributed by atoms with van der Waals surface area (Å²) >= 11 is 0. The van der Waals surface area contributed by atoms with Gasteiger partial charge in [-0.25, -0.2) is 0 Å². The second kappa shape index (κ2) is 15.5. The lowest BCUT2D eigenvalue weighted by Crippen LogP contribution is -2.15. The Morgan fingerprint density at radius 3 is 2.19 bits per heavy atom. The van der Waals surface area contributed by atoms with Crippen molar-refractivity contribution in [2.45, 2.75) is 113 Å². The molecule has 0 bridgehead atoms. The summed E-state index contributed by atoms with van der Waals surface area (Å²) in [4.78, 5) is 0. The van der Waals surface area contributed by atoms with Crippen LogP contribution < -0.4 is 0 Å². The third kappa shape index (κ3) is 12.0. The van der Waals surface area contributed by atoms with E-state index in [1.54, 1.807) is 5.57 Å². The normalized spacial score (nSPS) is 18.2. The molecule has 0 aliphatic carbocycles. The fourth-order valence-electron chi connectivity index (χ4n) is 4.27. The average Bonchev–Trinajstić information content (AvgIpc) is 2.60. The Morgan fingerprint density at radius 1 is 0.923 bits per heavy atom. The molecule has 0 fully saturated rings. The first-order valence-electron chi connectivity index (χ1n) is 11.6. The van der Waals surface area contributed by atoms with Gasteiger partial charge in [-0.2, -0.15) is 0 Å². The maximum absolute atomic E-state index is 3.88. The van der Waals surface area contributed by atoms with Crippen LogP contribution >= 0.6 is 0 Å². The molecular formula is C26H50. The molecule has 0 aliphatic heterocycles. The van der Waals surface area contributed by atoms with E-state index in [2.05, 4.69) is 67.2 Å². The highest BCUT2D eigenvalue weighted by Crippen LogP contribution is 2.30. The van der Waals surface area contributed by atoms with Crippen molar-refractivity contribution in [1.82, 2.24) is 0 Å². The molecule has 5 unspecified atom stereocenters. The lowest BCUT2D eigenvalue weighted by Gasteiger charge is -2.26. The molecular weight excluding hydrogens is 312 g/mol. The Kier molecular flexibility index (Phi) is 15.2. The van der Waals surface area contributed by atoms with Crippen molar-refractivity contribution in [2.75, 3.05) is 0 Å². The zero-order chi connectivity index (χ0) is 19.9. The van der Waals surface area contributed by atoms with Gasteiger partial charge in [-0.3, -0.25) is 0 Å². The predicted octanol–water partition coefficient (Wildman–Crippen LogP) is 9.22.